The maximum atomic E-state index is 12.7. The highest BCUT2D eigenvalue weighted by Crippen LogP contribution is 2.19. The predicted molar refractivity (Wildman–Crippen MR) is 99.5 cm³/mol. The normalized spacial score (nSPS) is 11.3. The van der Waals surface area contributed by atoms with E-state index in [4.69, 9.17) is 4.42 Å². The Kier molecular flexibility index (Phi) is 4.23. The van der Waals surface area contributed by atoms with Crippen molar-refractivity contribution in [3.05, 3.63) is 64.7 Å². The molecule has 0 radical (unpaired) electrons. The molecule has 4 aromatic heterocycles. The summed E-state index contributed by atoms with van der Waals surface area (Å²) in [5.41, 5.74) is 2.45. The van der Waals surface area contributed by atoms with Crippen molar-refractivity contribution < 1.29 is 9.21 Å². The number of carbonyl (C=O) groups excluding carboxylic acids is 1. The molecule has 8 heteroatoms. The zero-order chi connectivity index (χ0) is 19.0. The molecule has 0 spiro atoms. The zero-order valence-electron chi connectivity index (χ0n) is 15.1. The first-order valence-electron chi connectivity index (χ1n) is 8.65. The summed E-state index contributed by atoms with van der Waals surface area (Å²) in [4.78, 5) is 31.1. The van der Waals surface area contributed by atoms with Crippen LogP contribution in [0.1, 0.15) is 11.5 Å². The summed E-state index contributed by atoms with van der Waals surface area (Å²) in [5.74, 6) is 0.435. The van der Waals surface area contributed by atoms with E-state index >= 15 is 0 Å². The second-order valence-corrected chi connectivity index (χ2v) is 6.43. The zero-order valence-corrected chi connectivity index (χ0v) is 15.1. The van der Waals surface area contributed by atoms with Crippen LogP contribution in [0.4, 0.5) is 0 Å². The molecule has 0 saturated carbocycles. The number of carbonyl (C=O) groups is 1. The van der Waals surface area contributed by atoms with Gasteiger partial charge in [0.05, 0.1) is 11.8 Å². The lowest BCUT2D eigenvalue weighted by Crippen LogP contribution is -2.37. The van der Waals surface area contributed by atoms with Crippen LogP contribution >= 0.6 is 0 Å². The summed E-state index contributed by atoms with van der Waals surface area (Å²) in [6.07, 6.45) is 3.95. The van der Waals surface area contributed by atoms with Crippen LogP contribution in [0.25, 0.3) is 16.6 Å². The Morgan fingerprint density at radius 2 is 2.11 bits per heavy atom. The fraction of sp³-hybridized carbons (Fsp3) is 0.263. The number of rotatable bonds is 5. The maximum Gasteiger partial charge on any atom is 0.291 e. The van der Waals surface area contributed by atoms with Crippen molar-refractivity contribution in [1.29, 1.82) is 0 Å². The molecule has 0 fully saturated rings. The maximum absolute atomic E-state index is 12.7. The third kappa shape index (κ3) is 3.10. The van der Waals surface area contributed by atoms with Gasteiger partial charge in [0.15, 0.2) is 5.58 Å². The van der Waals surface area contributed by atoms with Crippen molar-refractivity contribution in [3.8, 4) is 0 Å². The van der Waals surface area contributed by atoms with Crippen molar-refractivity contribution in [3.63, 3.8) is 0 Å². The minimum absolute atomic E-state index is 0.110. The number of aryl methyl sites for hydroxylation is 1. The summed E-state index contributed by atoms with van der Waals surface area (Å²) < 4.78 is 8.32. The first-order chi connectivity index (χ1) is 13.0. The molecule has 0 N–H and O–H groups in total. The number of pyridine rings is 1. The van der Waals surface area contributed by atoms with E-state index in [9.17, 15) is 9.59 Å². The number of aromatic nitrogens is 4. The van der Waals surface area contributed by atoms with Crippen LogP contribution in [-0.4, -0.2) is 43.6 Å². The van der Waals surface area contributed by atoms with E-state index in [1.807, 2.05) is 18.2 Å². The molecule has 0 saturated heterocycles. The molecule has 4 rings (SSSR count). The van der Waals surface area contributed by atoms with Gasteiger partial charge in [-0.2, -0.15) is 5.10 Å². The molecule has 0 atom stereocenters. The van der Waals surface area contributed by atoms with Crippen LogP contribution in [0.15, 0.2) is 52.0 Å². The highest BCUT2D eigenvalue weighted by atomic mass is 16.3. The van der Waals surface area contributed by atoms with Gasteiger partial charge in [-0.25, -0.2) is 4.68 Å². The average molecular weight is 365 g/mol. The SMILES string of the molecule is Cc1nn(CC(=O)N(C)CCc2ccccn2)c(=O)c2cc3occc3n12. The second kappa shape index (κ2) is 6.71. The van der Waals surface area contributed by atoms with Crippen LogP contribution in [0.3, 0.4) is 0 Å². The fourth-order valence-electron chi connectivity index (χ4n) is 3.14. The number of furan rings is 1. The molecule has 4 aromatic rings. The van der Waals surface area contributed by atoms with Gasteiger partial charge in [0.25, 0.3) is 5.56 Å². The molecular formula is C19H19N5O3. The van der Waals surface area contributed by atoms with E-state index in [-0.39, 0.29) is 18.0 Å². The van der Waals surface area contributed by atoms with Crippen LogP contribution in [0, 0.1) is 6.92 Å². The minimum Gasteiger partial charge on any atom is -0.463 e. The smallest absolute Gasteiger partial charge is 0.291 e. The van der Waals surface area contributed by atoms with Crippen LogP contribution < -0.4 is 5.56 Å². The Morgan fingerprint density at radius 1 is 1.26 bits per heavy atom. The molecule has 0 aliphatic carbocycles. The van der Waals surface area contributed by atoms with E-state index in [0.29, 0.717) is 29.9 Å². The monoisotopic (exact) mass is 365 g/mol. The number of fused-ring (bicyclic) bond motifs is 3. The quantitative estimate of drug-likeness (QED) is 0.537. The molecule has 1 amide bonds. The highest BCUT2D eigenvalue weighted by molar-refractivity contribution is 5.82. The number of amides is 1. The molecular weight excluding hydrogens is 346 g/mol. The Labute approximate surface area is 154 Å². The number of hydrogen-bond acceptors (Lipinski definition) is 5. The van der Waals surface area contributed by atoms with E-state index < -0.39 is 0 Å². The Bertz CT molecular complexity index is 1170. The summed E-state index contributed by atoms with van der Waals surface area (Å²) in [6, 6.07) is 9.16. The molecule has 27 heavy (non-hydrogen) atoms. The van der Waals surface area contributed by atoms with Gasteiger partial charge in [0, 0.05) is 44.0 Å². The number of likely N-dealkylation sites (N-methyl/N-ethyl adjacent to an activating group) is 1. The van der Waals surface area contributed by atoms with Crippen molar-refractivity contribution in [2.45, 2.75) is 19.9 Å². The fourth-order valence-corrected chi connectivity index (χ4v) is 3.14. The van der Waals surface area contributed by atoms with Gasteiger partial charge in [-0.05, 0) is 19.1 Å². The Hall–Kier alpha value is -3.42. The van der Waals surface area contributed by atoms with Crippen molar-refractivity contribution >= 4 is 22.5 Å². The summed E-state index contributed by atoms with van der Waals surface area (Å²) >= 11 is 0. The second-order valence-electron chi connectivity index (χ2n) is 6.43. The Morgan fingerprint density at radius 3 is 2.89 bits per heavy atom. The summed E-state index contributed by atoms with van der Waals surface area (Å²) in [5, 5.41) is 4.31. The van der Waals surface area contributed by atoms with Crippen molar-refractivity contribution in [2.75, 3.05) is 13.6 Å². The molecule has 0 aliphatic heterocycles. The highest BCUT2D eigenvalue weighted by Gasteiger charge is 2.17. The standard InChI is InChI=1S/C19H19N5O3/c1-13-21-23(19(26)16-11-17-15(24(13)16)7-10-27-17)12-18(25)22(2)9-6-14-5-3-4-8-20-14/h3-5,7-8,10-11H,6,9,12H2,1-2H3. The molecule has 8 nitrogen and oxygen atoms in total. The van der Waals surface area contributed by atoms with Gasteiger partial charge in [-0.15, -0.1) is 0 Å². The topological polar surface area (TPSA) is 85.6 Å². The number of nitrogens with zero attached hydrogens (tertiary/aromatic N) is 5. The average Bonchev–Trinajstić information content (AvgIpc) is 3.26. The number of hydrogen-bond donors (Lipinski definition) is 0. The van der Waals surface area contributed by atoms with Crippen molar-refractivity contribution in [2.24, 2.45) is 0 Å². The summed E-state index contributed by atoms with van der Waals surface area (Å²) in [7, 11) is 1.71. The van der Waals surface area contributed by atoms with E-state index in [1.165, 1.54) is 4.68 Å². The van der Waals surface area contributed by atoms with Crippen LogP contribution in [0.2, 0.25) is 0 Å². The van der Waals surface area contributed by atoms with Gasteiger partial charge in [-0.3, -0.25) is 19.0 Å². The molecule has 0 unspecified atom stereocenters. The lowest BCUT2D eigenvalue weighted by atomic mass is 10.2. The van der Waals surface area contributed by atoms with Gasteiger partial charge in [0.1, 0.15) is 17.9 Å². The van der Waals surface area contributed by atoms with Gasteiger partial charge in [-0.1, -0.05) is 6.07 Å². The van der Waals surface area contributed by atoms with Gasteiger partial charge < -0.3 is 9.32 Å². The molecule has 4 heterocycles. The van der Waals surface area contributed by atoms with Gasteiger partial charge in [0.2, 0.25) is 5.91 Å². The Balaban J connectivity index is 1.54. The molecule has 138 valence electrons. The molecule has 0 bridgehead atoms. The van der Waals surface area contributed by atoms with E-state index in [1.54, 1.807) is 47.9 Å². The molecule has 0 aromatic carbocycles. The summed E-state index contributed by atoms with van der Waals surface area (Å²) in [6.45, 7) is 2.20. The predicted octanol–water partition coefficient (Wildman–Crippen LogP) is 1.65. The lowest BCUT2D eigenvalue weighted by Gasteiger charge is -2.17. The lowest BCUT2D eigenvalue weighted by molar-refractivity contribution is -0.130. The van der Waals surface area contributed by atoms with Crippen LogP contribution in [0.5, 0.6) is 0 Å². The third-order valence-electron chi connectivity index (χ3n) is 4.61. The molecule has 0 aliphatic rings. The third-order valence-corrected chi connectivity index (χ3v) is 4.61. The van der Waals surface area contributed by atoms with Gasteiger partial charge >= 0.3 is 0 Å². The van der Waals surface area contributed by atoms with E-state index in [0.717, 1.165) is 11.2 Å². The van der Waals surface area contributed by atoms with Crippen LogP contribution in [-0.2, 0) is 17.8 Å². The first-order valence-corrected chi connectivity index (χ1v) is 8.65. The minimum atomic E-state index is -0.321. The van der Waals surface area contributed by atoms with Crippen molar-refractivity contribution in [1.82, 2.24) is 24.1 Å². The largest absolute Gasteiger partial charge is 0.463 e. The first kappa shape index (κ1) is 17.0. The van der Waals surface area contributed by atoms with E-state index in [2.05, 4.69) is 10.1 Å².